The van der Waals surface area contributed by atoms with Crippen LogP contribution < -0.4 is 10.1 Å². The van der Waals surface area contributed by atoms with Gasteiger partial charge in [0.2, 0.25) is 0 Å². The highest BCUT2D eigenvalue weighted by molar-refractivity contribution is 5.83. The van der Waals surface area contributed by atoms with E-state index in [1.807, 2.05) is 0 Å². The lowest BCUT2D eigenvalue weighted by atomic mass is 10.0. The van der Waals surface area contributed by atoms with Crippen LogP contribution in [0.2, 0.25) is 0 Å². The van der Waals surface area contributed by atoms with Gasteiger partial charge in [0, 0.05) is 11.8 Å². The molecule has 0 aliphatic carbocycles. The molecule has 1 unspecified atom stereocenters. The van der Waals surface area contributed by atoms with Crippen molar-refractivity contribution in [2.75, 3.05) is 12.4 Å². The summed E-state index contributed by atoms with van der Waals surface area (Å²) in [5.74, 6) is 1.03. The topological polar surface area (TPSA) is 89.9 Å². The Bertz CT molecular complexity index is 721. The minimum atomic E-state index is -0.686. The molecule has 1 N–H and O–H groups in total. The number of carbonyl (C=O) groups is 1. The molecule has 7 heteroatoms. The van der Waals surface area contributed by atoms with E-state index < -0.39 is 17.7 Å². The molecule has 0 fully saturated rings. The lowest BCUT2D eigenvalue weighted by molar-refractivity contribution is 0.0635. The summed E-state index contributed by atoms with van der Waals surface area (Å²) in [5, 5.41) is 5.72. The van der Waals surface area contributed by atoms with Gasteiger partial charge in [-0.25, -0.2) is 9.78 Å². The molecule has 2 aromatic rings. The van der Waals surface area contributed by atoms with E-state index in [4.69, 9.17) is 9.47 Å². The Morgan fingerprint density at radius 1 is 1.12 bits per heavy atom. The van der Waals surface area contributed by atoms with Crippen molar-refractivity contribution >= 4 is 11.9 Å². The first-order chi connectivity index (χ1) is 11.8. The van der Waals surface area contributed by atoms with Crippen molar-refractivity contribution in [3.8, 4) is 5.75 Å². The van der Waals surface area contributed by atoms with Gasteiger partial charge in [0.05, 0.1) is 7.11 Å². The fourth-order valence-corrected chi connectivity index (χ4v) is 2.15. The molecule has 25 heavy (non-hydrogen) atoms. The van der Waals surface area contributed by atoms with Crippen molar-refractivity contribution in [3.63, 3.8) is 0 Å². The van der Waals surface area contributed by atoms with Gasteiger partial charge in [0.15, 0.2) is 0 Å². The Balaban J connectivity index is 2.11. The number of hydrogen-bond acceptors (Lipinski definition) is 6. The van der Waals surface area contributed by atoms with Gasteiger partial charge < -0.3 is 9.47 Å². The van der Waals surface area contributed by atoms with Crippen LogP contribution in [0.4, 0.5) is 10.6 Å². The Kier molecular flexibility index (Phi) is 5.69. The highest BCUT2D eigenvalue weighted by Gasteiger charge is 2.18. The van der Waals surface area contributed by atoms with E-state index in [9.17, 15) is 9.70 Å². The van der Waals surface area contributed by atoms with Crippen LogP contribution in [0.5, 0.6) is 5.75 Å². The predicted octanol–water partition coefficient (Wildman–Crippen LogP) is 4.29. The number of amides is 1. The smallest absolute Gasteiger partial charge is 0.413 e. The summed E-state index contributed by atoms with van der Waals surface area (Å²) in [4.78, 5) is 27.2. The number of pyridine rings is 1. The molecule has 1 atom stereocenters. The maximum Gasteiger partial charge on any atom is 0.413 e. The Morgan fingerprint density at radius 2 is 1.76 bits per heavy atom. The SMILES string of the molecule is COc1ccc(C(N=O)c2ccc(NC(=O)OC(C)(C)C)nc2)cc1. The molecule has 1 aromatic heterocycles. The number of methoxy groups -OCH3 is 1. The Morgan fingerprint density at radius 3 is 2.24 bits per heavy atom. The van der Waals surface area contributed by atoms with Crippen LogP contribution in [-0.2, 0) is 4.74 Å². The van der Waals surface area contributed by atoms with Gasteiger partial charge in [-0.1, -0.05) is 23.4 Å². The zero-order chi connectivity index (χ0) is 18.4. The normalized spacial score (nSPS) is 12.2. The van der Waals surface area contributed by atoms with Crippen LogP contribution in [0.15, 0.2) is 47.8 Å². The molecule has 132 valence electrons. The first-order valence-corrected chi connectivity index (χ1v) is 7.75. The highest BCUT2D eigenvalue weighted by atomic mass is 16.6. The summed E-state index contributed by atoms with van der Waals surface area (Å²) < 4.78 is 10.3. The number of ether oxygens (including phenoxy) is 2. The number of rotatable bonds is 5. The van der Waals surface area contributed by atoms with Crippen molar-refractivity contribution in [3.05, 3.63) is 58.6 Å². The summed E-state index contributed by atoms with van der Waals surface area (Å²) in [6, 6.07) is 9.68. The van der Waals surface area contributed by atoms with Gasteiger partial charge >= 0.3 is 6.09 Å². The second kappa shape index (κ2) is 7.74. The van der Waals surface area contributed by atoms with E-state index in [-0.39, 0.29) is 0 Å². The molecular formula is C18H21N3O4. The number of nitrogens with zero attached hydrogens (tertiary/aromatic N) is 2. The molecule has 1 amide bonds. The monoisotopic (exact) mass is 343 g/mol. The molecular weight excluding hydrogens is 322 g/mol. The lowest BCUT2D eigenvalue weighted by Crippen LogP contribution is -2.27. The maximum atomic E-state index is 11.7. The van der Waals surface area contributed by atoms with Crippen LogP contribution >= 0.6 is 0 Å². The first kappa shape index (κ1) is 18.4. The van der Waals surface area contributed by atoms with Crippen LogP contribution in [0, 0.1) is 4.91 Å². The van der Waals surface area contributed by atoms with Crippen LogP contribution in [-0.4, -0.2) is 23.8 Å². The molecule has 0 saturated heterocycles. The van der Waals surface area contributed by atoms with Crippen molar-refractivity contribution in [1.29, 1.82) is 0 Å². The average molecular weight is 343 g/mol. The van der Waals surface area contributed by atoms with Crippen molar-refractivity contribution in [1.82, 2.24) is 4.98 Å². The van der Waals surface area contributed by atoms with E-state index in [1.165, 1.54) is 6.20 Å². The molecule has 0 bridgehead atoms. The van der Waals surface area contributed by atoms with Gasteiger partial charge in [0.25, 0.3) is 0 Å². The standard InChI is InChI=1S/C18H21N3O4/c1-18(2,3)25-17(22)20-15-10-7-13(11-19-15)16(21-23)12-5-8-14(24-4)9-6-12/h5-11,16H,1-4H3,(H,19,20,22). The van der Waals surface area contributed by atoms with Gasteiger partial charge in [-0.05, 0) is 44.5 Å². The zero-order valence-electron chi connectivity index (χ0n) is 14.6. The average Bonchev–Trinajstić information content (AvgIpc) is 2.56. The second-order valence-electron chi connectivity index (χ2n) is 6.38. The minimum absolute atomic E-state index is 0.331. The third kappa shape index (κ3) is 5.27. The van der Waals surface area contributed by atoms with E-state index >= 15 is 0 Å². The van der Waals surface area contributed by atoms with E-state index in [1.54, 1.807) is 64.3 Å². The van der Waals surface area contributed by atoms with E-state index in [0.717, 1.165) is 5.56 Å². The van der Waals surface area contributed by atoms with E-state index in [0.29, 0.717) is 17.1 Å². The highest BCUT2D eigenvalue weighted by Crippen LogP contribution is 2.27. The van der Waals surface area contributed by atoms with Gasteiger partial charge in [0.1, 0.15) is 23.2 Å². The van der Waals surface area contributed by atoms with Crippen LogP contribution in [0.1, 0.15) is 37.9 Å². The zero-order valence-corrected chi connectivity index (χ0v) is 14.6. The molecule has 7 nitrogen and oxygen atoms in total. The Hall–Kier alpha value is -2.96. The predicted molar refractivity (Wildman–Crippen MR) is 94.7 cm³/mol. The van der Waals surface area contributed by atoms with Gasteiger partial charge in [-0.15, -0.1) is 4.91 Å². The molecule has 0 spiro atoms. The van der Waals surface area contributed by atoms with Crippen LogP contribution in [0.25, 0.3) is 0 Å². The number of hydrogen-bond donors (Lipinski definition) is 1. The van der Waals surface area contributed by atoms with Gasteiger partial charge in [-0.2, -0.15) is 0 Å². The summed E-state index contributed by atoms with van der Waals surface area (Å²) in [6.07, 6.45) is 0.913. The first-order valence-electron chi connectivity index (χ1n) is 7.75. The molecule has 0 aliphatic rings. The number of benzene rings is 1. The van der Waals surface area contributed by atoms with Gasteiger partial charge in [-0.3, -0.25) is 5.32 Å². The molecule has 0 radical (unpaired) electrons. The summed E-state index contributed by atoms with van der Waals surface area (Å²) in [7, 11) is 1.57. The fraction of sp³-hybridized carbons (Fsp3) is 0.333. The van der Waals surface area contributed by atoms with Crippen molar-refractivity contribution in [2.45, 2.75) is 32.4 Å². The summed E-state index contributed by atoms with van der Waals surface area (Å²) in [5.41, 5.74) is 0.755. The number of nitroso groups, excluding NO2 is 1. The summed E-state index contributed by atoms with van der Waals surface area (Å²) in [6.45, 7) is 5.33. The minimum Gasteiger partial charge on any atom is -0.497 e. The van der Waals surface area contributed by atoms with Crippen molar-refractivity contribution in [2.24, 2.45) is 5.18 Å². The largest absolute Gasteiger partial charge is 0.497 e. The molecule has 0 saturated carbocycles. The van der Waals surface area contributed by atoms with Crippen molar-refractivity contribution < 1.29 is 14.3 Å². The van der Waals surface area contributed by atoms with E-state index in [2.05, 4.69) is 15.5 Å². The molecule has 2 rings (SSSR count). The molecule has 1 aromatic carbocycles. The quantitative estimate of drug-likeness (QED) is 0.818. The molecule has 0 aliphatic heterocycles. The lowest BCUT2D eigenvalue weighted by Gasteiger charge is -2.19. The third-order valence-corrected chi connectivity index (χ3v) is 3.27. The number of anilines is 1. The Labute approximate surface area is 146 Å². The van der Waals surface area contributed by atoms with Crippen LogP contribution in [0.3, 0.4) is 0 Å². The molecule has 1 heterocycles. The summed E-state index contributed by atoms with van der Waals surface area (Å²) >= 11 is 0. The number of carbonyl (C=O) groups excluding carboxylic acids is 1. The fourth-order valence-electron chi connectivity index (χ4n) is 2.15. The second-order valence-corrected chi connectivity index (χ2v) is 6.38. The number of nitrogens with one attached hydrogen (secondary N) is 1. The maximum absolute atomic E-state index is 11.7. The third-order valence-electron chi connectivity index (χ3n) is 3.27. The number of aromatic nitrogens is 1.